The van der Waals surface area contributed by atoms with Crippen LogP contribution in [0.3, 0.4) is 0 Å². The molecule has 0 heterocycles. The van der Waals surface area contributed by atoms with Crippen LogP contribution >= 0.6 is 0 Å². The molecule has 7 N–H and O–H groups in total. The lowest BCUT2D eigenvalue weighted by atomic mass is 10.1. The van der Waals surface area contributed by atoms with Gasteiger partial charge in [-0.25, -0.2) is 4.79 Å². The molecule has 0 spiro atoms. The maximum atomic E-state index is 11.5. The lowest BCUT2D eigenvalue weighted by molar-refractivity contribution is -0.142. The van der Waals surface area contributed by atoms with E-state index in [0.29, 0.717) is 25.8 Å². The molecule has 0 bridgehead atoms. The van der Waals surface area contributed by atoms with E-state index >= 15 is 0 Å². The molecule has 0 aromatic heterocycles. The first-order valence-corrected chi connectivity index (χ1v) is 6.14. The minimum absolute atomic E-state index is 0.291. The predicted molar refractivity (Wildman–Crippen MR) is 69.1 cm³/mol. The fourth-order valence-corrected chi connectivity index (χ4v) is 1.32. The summed E-state index contributed by atoms with van der Waals surface area (Å²) < 4.78 is 0. The molecule has 2 atom stereocenters. The van der Waals surface area contributed by atoms with E-state index in [1.807, 2.05) is 0 Å². The number of aliphatic carboxylic acids is 1. The highest BCUT2D eigenvalue weighted by molar-refractivity contribution is 5.89. The second-order valence-corrected chi connectivity index (χ2v) is 4.25. The second-order valence-electron chi connectivity index (χ2n) is 4.25. The van der Waals surface area contributed by atoms with Gasteiger partial charge in [0.25, 0.3) is 0 Å². The van der Waals surface area contributed by atoms with Gasteiger partial charge in [-0.05, 0) is 32.7 Å². The molecular formula is C11H22N4O4. The topological polar surface area (TPSA) is 148 Å². The molecule has 0 fully saturated rings. The number of carboxylic acids is 1. The Labute approximate surface area is 111 Å². The Morgan fingerprint density at radius 2 is 1.89 bits per heavy atom. The molecule has 0 rings (SSSR count). The van der Waals surface area contributed by atoms with Crippen LogP contribution in [-0.2, 0) is 14.4 Å². The van der Waals surface area contributed by atoms with Crippen molar-refractivity contribution in [1.82, 2.24) is 10.6 Å². The summed E-state index contributed by atoms with van der Waals surface area (Å²) in [7, 11) is 0. The van der Waals surface area contributed by atoms with E-state index in [9.17, 15) is 14.4 Å². The first-order valence-electron chi connectivity index (χ1n) is 6.14. The van der Waals surface area contributed by atoms with E-state index in [-0.39, 0.29) is 6.54 Å². The third-order valence-electron chi connectivity index (χ3n) is 2.42. The third kappa shape index (κ3) is 8.11. The summed E-state index contributed by atoms with van der Waals surface area (Å²) in [5.41, 5.74) is 10.6. The number of hydrogen-bond acceptors (Lipinski definition) is 5. The quantitative estimate of drug-likeness (QED) is 0.312. The molecule has 8 heteroatoms. The molecule has 0 saturated carbocycles. The van der Waals surface area contributed by atoms with E-state index in [4.69, 9.17) is 16.6 Å². The molecule has 2 amide bonds. The van der Waals surface area contributed by atoms with Gasteiger partial charge in [0.1, 0.15) is 6.04 Å². The molecule has 8 nitrogen and oxygen atoms in total. The van der Waals surface area contributed by atoms with Crippen LogP contribution in [0.15, 0.2) is 0 Å². The summed E-state index contributed by atoms with van der Waals surface area (Å²) in [6.45, 7) is 1.67. The smallest absolute Gasteiger partial charge is 0.326 e. The number of carbonyl (C=O) groups is 3. The van der Waals surface area contributed by atoms with Crippen molar-refractivity contribution in [3.63, 3.8) is 0 Å². The van der Waals surface area contributed by atoms with Crippen LogP contribution in [0.2, 0.25) is 0 Å². The monoisotopic (exact) mass is 274 g/mol. The van der Waals surface area contributed by atoms with Gasteiger partial charge in [0.15, 0.2) is 0 Å². The van der Waals surface area contributed by atoms with E-state index in [1.54, 1.807) is 0 Å². The number of amides is 2. The van der Waals surface area contributed by atoms with Crippen LogP contribution in [0.1, 0.15) is 26.2 Å². The summed E-state index contributed by atoms with van der Waals surface area (Å²) in [6.07, 6.45) is 1.61. The molecule has 0 aliphatic rings. The SMILES string of the molecule is CC(N)C(=O)NCC(=O)NC(CCCCN)C(=O)O. The molecule has 0 aliphatic carbocycles. The van der Waals surface area contributed by atoms with Crippen molar-refractivity contribution in [2.75, 3.05) is 13.1 Å². The van der Waals surface area contributed by atoms with Crippen molar-refractivity contribution in [1.29, 1.82) is 0 Å². The van der Waals surface area contributed by atoms with E-state index in [1.165, 1.54) is 6.92 Å². The van der Waals surface area contributed by atoms with Crippen LogP contribution in [-0.4, -0.2) is 48.1 Å². The average Bonchev–Trinajstić information content (AvgIpc) is 2.34. The van der Waals surface area contributed by atoms with Gasteiger partial charge in [0.2, 0.25) is 11.8 Å². The zero-order valence-corrected chi connectivity index (χ0v) is 11.0. The number of nitrogens with one attached hydrogen (secondary N) is 2. The van der Waals surface area contributed by atoms with Gasteiger partial charge in [0, 0.05) is 0 Å². The van der Waals surface area contributed by atoms with Crippen LogP contribution in [0.25, 0.3) is 0 Å². The molecule has 2 unspecified atom stereocenters. The van der Waals surface area contributed by atoms with Gasteiger partial charge in [-0.3, -0.25) is 9.59 Å². The Bertz CT molecular complexity index is 320. The first-order chi connectivity index (χ1) is 8.88. The van der Waals surface area contributed by atoms with Crippen LogP contribution in [0, 0.1) is 0 Å². The average molecular weight is 274 g/mol. The fraction of sp³-hybridized carbons (Fsp3) is 0.727. The van der Waals surface area contributed by atoms with Gasteiger partial charge < -0.3 is 27.2 Å². The Morgan fingerprint density at radius 3 is 2.37 bits per heavy atom. The van der Waals surface area contributed by atoms with E-state index in [2.05, 4.69) is 10.6 Å². The Kier molecular flexibility index (Phi) is 8.47. The number of rotatable bonds is 9. The molecule has 19 heavy (non-hydrogen) atoms. The largest absolute Gasteiger partial charge is 0.480 e. The zero-order valence-electron chi connectivity index (χ0n) is 11.0. The number of unbranched alkanes of at least 4 members (excludes halogenated alkanes) is 1. The summed E-state index contributed by atoms with van der Waals surface area (Å²) in [6, 6.07) is -1.68. The molecule has 0 aromatic rings. The minimum Gasteiger partial charge on any atom is -0.480 e. The molecule has 0 aromatic carbocycles. The van der Waals surface area contributed by atoms with Crippen LogP contribution in [0.5, 0.6) is 0 Å². The van der Waals surface area contributed by atoms with Crippen molar-refractivity contribution in [2.45, 2.75) is 38.3 Å². The number of nitrogens with two attached hydrogens (primary N) is 2. The normalized spacial score (nSPS) is 13.4. The van der Waals surface area contributed by atoms with Crippen LogP contribution in [0.4, 0.5) is 0 Å². The molecule has 0 saturated heterocycles. The summed E-state index contributed by atoms with van der Waals surface area (Å²) in [4.78, 5) is 33.5. The van der Waals surface area contributed by atoms with Crippen molar-refractivity contribution in [2.24, 2.45) is 11.5 Å². The standard InChI is InChI=1S/C11H22N4O4/c1-7(13)10(17)14-6-9(16)15-8(11(18)19)4-2-3-5-12/h7-8H,2-6,12-13H2,1H3,(H,14,17)(H,15,16)(H,18,19). The van der Waals surface area contributed by atoms with Crippen molar-refractivity contribution < 1.29 is 19.5 Å². The summed E-state index contributed by atoms with van der Waals surface area (Å²) in [5, 5.41) is 13.6. The maximum Gasteiger partial charge on any atom is 0.326 e. The second kappa shape index (κ2) is 9.29. The van der Waals surface area contributed by atoms with Gasteiger partial charge >= 0.3 is 5.97 Å². The van der Waals surface area contributed by atoms with E-state index < -0.39 is 29.9 Å². The van der Waals surface area contributed by atoms with Gasteiger partial charge in [0.05, 0.1) is 12.6 Å². The van der Waals surface area contributed by atoms with Crippen molar-refractivity contribution in [3.8, 4) is 0 Å². The summed E-state index contributed by atoms with van der Waals surface area (Å²) in [5.74, 6) is -2.14. The lowest BCUT2D eigenvalue weighted by Gasteiger charge is -2.15. The highest BCUT2D eigenvalue weighted by atomic mass is 16.4. The highest BCUT2D eigenvalue weighted by Crippen LogP contribution is 2.00. The number of carboxylic acid groups (broad SMARTS) is 1. The van der Waals surface area contributed by atoms with Crippen molar-refractivity contribution >= 4 is 17.8 Å². The molecule has 0 radical (unpaired) electrons. The van der Waals surface area contributed by atoms with Gasteiger partial charge in [-0.15, -0.1) is 0 Å². The molecular weight excluding hydrogens is 252 g/mol. The fourth-order valence-electron chi connectivity index (χ4n) is 1.32. The lowest BCUT2D eigenvalue weighted by Crippen LogP contribution is -2.47. The Morgan fingerprint density at radius 1 is 1.26 bits per heavy atom. The van der Waals surface area contributed by atoms with Gasteiger partial charge in [-0.1, -0.05) is 0 Å². The Balaban J connectivity index is 4.10. The zero-order chi connectivity index (χ0) is 14.8. The first kappa shape index (κ1) is 17.3. The molecule has 0 aliphatic heterocycles. The van der Waals surface area contributed by atoms with Crippen LogP contribution < -0.4 is 22.1 Å². The predicted octanol–water partition coefficient (Wildman–Crippen LogP) is -1.85. The maximum absolute atomic E-state index is 11.5. The van der Waals surface area contributed by atoms with Crippen molar-refractivity contribution in [3.05, 3.63) is 0 Å². The third-order valence-corrected chi connectivity index (χ3v) is 2.42. The summed E-state index contributed by atoms with van der Waals surface area (Å²) >= 11 is 0. The highest BCUT2D eigenvalue weighted by Gasteiger charge is 2.19. The van der Waals surface area contributed by atoms with E-state index in [0.717, 1.165) is 0 Å². The number of carbonyl (C=O) groups excluding carboxylic acids is 2. The number of hydrogen-bond donors (Lipinski definition) is 5. The van der Waals surface area contributed by atoms with Gasteiger partial charge in [-0.2, -0.15) is 0 Å². The minimum atomic E-state index is -1.11. The molecule has 110 valence electrons. The Hall–Kier alpha value is -1.67.